The number of fused-ring (bicyclic) bond motifs is 5. The summed E-state index contributed by atoms with van der Waals surface area (Å²) in [6.07, 6.45) is 11.0. The Morgan fingerprint density at radius 1 is 1.11 bits per heavy atom. The van der Waals surface area contributed by atoms with Gasteiger partial charge in [-0.05, 0) is 43.8 Å². The molecule has 0 aromatic heterocycles. The molecule has 0 radical (unpaired) electrons. The lowest BCUT2D eigenvalue weighted by molar-refractivity contribution is -0.362. The van der Waals surface area contributed by atoms with Gasteiger partial charge in [-0.15, -0.1) is 0 Å². The summed E-state index contributed by atoms with van der Waals surface area (Å²) in [5.41, 5.74) is 4.18. The topological polar surface area (TPSA) is 72.6 Å². The average Bonchev–Trinajstić information content (AvgIpc) is 2.87. The molecule has 1 unspecified atom stereocenters. The molecule has 6 heteroatoms. The minimum atomic E-state index is -0.238. The van der Waals surface area contributed by atoms with Crippen molar-refractivity contribution in [1.82, 2.24) is 4.90 Å². The maximum atomic E-state index is 13.7. The van der Waals surface area contributed by atoms with Crippen molar-refractivity contribution in [3.8, 4) is 5.75 Å². The maximum Gasteiger partial charge on any atom is 0.258 e. The molecule has 6 nitrogen and oxygen atoms in total. The summed E-state index contributed by atoms with van der Waals surface area (Å²) < 4.78 is 6.29. The normalized spacial score (nSPS) is 21.6. The van der Waals surface area contributed by atoms with Crippen LogP contribution in [0.3, 0.4) is 0 Å². The fourth-order valence-corrected chi connectivity index (χ4v) is 5.91. The van der Waals surface area contributed by atoms with Crippen LogP contribution in [0, 0.1) is 5.41 Å². The number of nitrogens with zero attached hydrogens (tertiary/aromatic N) is 1. The number of likely N-dealkylation sites (tertiary alicyclic amines) is 1. The Kier molecular flexibility index (Phi) is 5.64. The largest absolute Gasteiger partial charge is 0.468 e. The predicted molar refractivity (Wildman–Crippen MR) is 141 cm³/mol. The minimum absolute atomic E-state index is 0.128. The number of nitrogens with one attached hydrogen (secondary N) is 2. The molecule has 2 heterocycles. The summed E-state index contributed by atoms with van der Waals surface area (Å²) in [6, 6.07) is 8.96. The molecule has 1 saturated heterocycles. The molecular weight excluding hydrogens is 450 g/mol. The zero-order chi connectivity index (χ0) is 24.9. The van der Waals surface area contributed by atoms with Crippen LogP contribution in [0.5, 0.6) is 5.75 Å². The predicted octanol–water partition coefficient (Wildman–Crippen LogP) is 3.43. The van der Waals surface area contributed by atoms with E-state index in [1.54, 1.807) is 18.2 Å². The number of anilines is 1. The van der Waals surface area contributed by atoms with E-state index in [0.29, 0.717) is 51.3 Å². The summed E-state index contributed by atoms with van der Waals surface area (Å²) in [5.74, 6) is 0.306. The summed E-state index contributed by atoms with van der Waals surface area (Å²) in [7, 11) is 0. The van der Waals surface area contributed by atoms with Crippen molar-refractivity contribution >= 4 is 28.7 Å². The van der Waals surface area contributed by atoms with Gasteiger partial charge in [0.1, 0.15) is 5.56 Å². The Balaban J connectivity index is 1.33. The first kappa shape index (κ1) is 22.9. The highest BCUT2D eigenvalue weighted by molar-refractivity contribution is 6.32. The SMILES string of the molecule is CC1(C)CCCN(CCCNc2cc3c(c4c2C(=O)c2ccccc2C4=O)[NH+]=C2C=CC=CC2O3)C1. The van der Waals surface area contributed by atoms with Crippen molar-refractivity contribution in [2.75, 3.05) is 31.5 Å². The van der Waals surface area contributed by atoms with Crippen LogP contribution in [0.4, 0.5) is 11.4 Å². The van der Waals surface area contributed by atoms with E-state index in [-0.39, 0.29) is 17.7 Å². The van der Waals surface area contributed by atoms with E-state index in [1.807, 2.05) is 36.4 Å². The van der Waals surface area contributed by atoms with Crippen LogP contribution in [-0.4, -0.2) is 54.5 Å². The molecule has 6 rings (SSSR count). The van der Waals surface area contributed by atoms with Crippen LogP contribution < -0.4 is 15.0 Å². The van der Waals surface area contributed by atoms with Crippen molar-refractivity contribution < 1.29 is 19.3 Å². The van der Waals surface area contributed by atoms with Crippen molar-refractivity contribution in [1.29, 1.82) is 0 Å². The number of ether oxygens (including phenoxy) is 1. The Labute approximate surface area is 211 Å². The number of rotatable bonds is 5. The van der Waals surface area contributed by atoms with E-state index in [0.717, 1.165) is 31.8 Å². The molecule has 1 atom stereocenters. The first-order valence-corrected chi connectivity index (χ1v) is 12.9. The molecule has 2 N–H and O–H groups in total. The molecule has 2 aliphatic heterocycles. The molecule has 2 aromatic rings. The second-order valence-corrected chi connectivity index (χ2v) is 10.9. The monoisotopic (exact) mass is 482 g/mol. The van der Waals surface area contributed by atoms with Crippen molar-refractivity contribution in [2.45, 2.75) is 39.2 Å². The number of carbonyl (C=O) groups excluding carboxylic acids is 2. The highest BCUT2D eigenvalue weighted by atomic mass is 16.5. The molecule has 36 heavy (non-hydrogen) atoms. The summed E-state index contributed by atoms with van der Waals surface area (Å²) in [6.45, 7) is 8.66. The smallest absolute Gasteiger partial charge is 0.258 e. The number of ketones is 2. The molecule has 1 fully saturated rings. The highest BCUT2D eigenvalue weighted by Gasteiger charge is 2.41. The van der Waals surface area contributed by atoms with Gasteiger partial charge in [0.15, 0.2) is 11.5 Å². The zero-order valence-electron chi connectivity index (χ0n) is 20.9. The van der Waals surface area contributed by atoms with Crippen LogP contribution >= 0.6 is 0 Å². The Morgan fingerprint density at radius 2 is 1.89 bits per heavy atom. The Hall–Kier alpha value is -3.51. The fourth-order valence-electron chi connectivity index (χ4n) is 5.91. The van der Waals surface area contributed by atoms with Crippen LogP contribution in [0.25, 0.3) is 0 Å². The number of allylic oxidation sites excluding steroid dienone is 2. The maximum absolute atomic E-state index is 13.7. The summed E-state index contributed by atoms with van der Waals surface area (Å²) in [5, 5.41) is 3.49. The summed E-state index contributed by atoms with van der Waals surface area (Å²) >= 11 is 0. The minimum Gasteiger partial charge on any atom is -0.468 e. The molecule has 0 spiro atoms. The van der Waals surface area contributed by atoms with Crippen molar-refractivity contribution in [3.63, 3.8) is 0 Å². The number of carbonyl (C=O) groups is 2. The van der Waals surface area contributed by atoms with E-state index < -0.39 is 0 Å². The number of piperidine rings is 1. The first-order chi connectivity index (χ1) is 17.4. The average molecular weight is 483 g/mol. The van der Waals surface area contributed by atoms with Gasteiger partial charge >= 0.3 is 0 Å². The third-order valence-corrected chi connectivity index (χ3v) is 7.61. The quantitative estimate of drug-likeness (QED) is 0.546. The molecule has 2 aliphatic carbocycles. The lowest BCUT2D eigenvalue weighted by Gasteiger charge is -2.38. The van der Waals surface area contributed by atoms with Gasteiger partial charge < -0.3 is 15.0 Å². The molecule has 0 bridgehead atoms. The lowest BCUT2D eigenvalue weighted by atomic mass is 9.81. The third kappa shape index (κ3) is 3.99. The summed E-state index contributed by atoms with van der Waals surface area (Å²) in [4.78, 5) is 33.3. The fraction of sp³-hybridized carbons (Fsp3) is 0.367. The number of hydrogen-bond donors (Lipinski definition) is 2. The van der Waals surface area contributed by atoms with E-state index >= 15 is 0 Å². The van der Waals surface area contributed by atoms with E-state index in [9.17, 15) is 9.59 Å². The van der Waals surface area contributed by atoms with Crippen LogP contribution in [-0.2, 0) is 0 Å². The zero-order valence-corrected chi connectivity index (χ0v) is 20.9. The van der Waals surface area contributed by atoms with E-state index in [4.69, 9.17) is 4.74 Å². The van der Waals surface area contributed by atoms with E-state index in [2.05, 4.69) is 29.1 Å². The van der Waals surface area contributed by atoms with Crippen molar-refractivity contribution in [2.24, 2.45) is 5.41 Å². The van der Waals surface area contributed by atoms with Gasteiger partial charge in [-0.25, -0.2) is 4.99 Å². The molecule has 4 aliphatic rings. The molecule has 0 saturated carbocycles. The van der Waals surface area contributed by atoms with Gasteiger partial charge in [0.25, 0.3) is 5.69 Å². The molecule has 184 valence electrons. The first-order valence-electron chi connectivity index (χ1n) is 12.9. The van der Waals surface area contributed by atoms with Crippen LogP contribution in [0.2, 0.25) is 0 Å². The van der Waals surface area contributed by atoms with Gasteiger partial charge in [0.05, 0.1) is 11.3 Å². The highest BCUT2D eigenvalue weighted by Crippen LogP contribution is 2.41. The van der Waals surface area contributed by atoms with Gasteiger partial charge in [-0.3, -0.25) is 9.59 Å². The Morgan fingerprint density at radius 3 is 2.67 bits per heavy atom. The second-order valence-electron chi connectivity index (χ2n) is 10.9. The molecular formula is C30H32N3O3+. The Bertz CT molecular complexity index is 1350. The van der Waals surface area contributed by atoms with Gasteiger partial charge in [0.2, 0.25) is 17.6 Å². The van der Waals surface area contributed by atoms with Gasteiger partial charge in [-0.1, -0.05) is 50.3 Å². The number of benzene rings is 2. The van der Waals surface area contributed by atoms with Gasteiger partial charge in [0, 0.05) is 36.4 Å². The third-order valence-electron chi connectivity index (χ3n) is 7.61. The standard InChI is InChI=1S/C30H31N3O3/c1-30(2)13-7-15-33(18-30)16-8-14-31-22-17-24-27(32-21-11-5-6-12-23(21)36-24)26-25(22)28(34)19-9-3-4-10-20(19)29(26)35/h3-6,9-12,17,23,31H,7-8,13-16,18H2,1-2H3/p+1. The van der Waals surface area contributed by atoms with Crippen LogP contribution in [0.1, 0.15) is 65.0 Å². The van der Waals surface area contributed by atoms with Crippen molar-refractivity contribution in [3.05, 3.63) is 76.9 Å². The van der Waals surface area contributed by atoms with Gasteiger partial charge in [-0.2, -0.15) is 0 Å². The van der Waals surface area contributed by atoms with Crippen LogP contribution in [0.15, 0.2) is 54.6 Å². The second kappa shape index (κ2) is 8.86. The molecule has 2 aromatic carbocycles. The van der Waals surface area contributed by atoms with E-state index in [1.165, 1.54) is 12.8 Å². The molecule has 0 amide bonds. The number of hydrogen-bond acceptors (Lipinski definition) is 5. The lowest BCUT2D eigenvalue weighted by Crippen LogP contribution is -2.72.